The zero-order valence-electron chi connectivity index (χ0n) is 10.9. The van der Waals surface area contributed by atoms with E-state index >= 15 is 0 Å². The van der Waals surface area contributed by atoms with Crippen molar-refractivity contribution in [2.75, 3.05) is 20.3 Å². The summed E-state index contributed by atoms with van der Waals surface area (Å²) in [5.74, 6) is 0.911. The second-order valence-electron chi connectivity index (χ2n) is 5.14. The molecule has 0 spiro atoms. The highest BCUT2D eigenvalue weighted by Crippen LogP contribution is 2.32. The summed E-state index contributed by atoms with van der Waals surface area (Å²) >= 11 is 0. The van der Waals surface area contributed by atoms with Crippen LogP contribution < -0.4 is 5.32 Å². The van der Waals surface area contributed by atoms with Crippen molar-refractivity contribution in [3.63, 3.8) is 0 Å². The van der Waals surface area contributed by atoms with Crippen molar-refractivity contribution in [1.82, 2.24) is 10.2 Å². The lowest BCUT2D eigenvalue weighted by atomic mass is 10.0. The van der Waals surface area contributed by atoms with Crippen LogP contribution in [-0.4, -0.2) is 43.3 Å². The zero-order valence-corrected chi connectivity index (χ0v) is 10.9. The summed E-state index contributed by atoms with van der Waals surface area (Å²) in [5.41, 5.74) is 0. The summed E-state index contributed by atoms with van der Waals surface area (Å²) in [6.45, 7) is 3.42. The topological polar surface area (TPSA) is 41.6 Å². The molecule has 1 amide bonds. The molecule has 1 heterocycles. The fraction of sp³-hybridized carbons (Fsp3) is 0.923. The minimum atomic E-state index is 0.0254. The molecule has 1 aliphatic heterocycles. The Morgan fingerprint density at radius 3 is 2.71 bits per heavy atom. The van der Waals surface area contributed by atoms with Gasteiger partial charge in [0, 0.05) is 13.7 Å². The lowest BCUT2D eigenvalue weighted by molar-refractivity contribution is -0.131. The van der Waals surface area contributed by atoms with Crippen LogP contribution in [0.25, 0.3) is 0 Å². The first-order chi connectivity index (χ1) is 8.27. The molecule has 2 fully saturated rings. The van der Waals surface area contributed by atoms with Gasteiger partial charge in [-0.1, -0.05) is 19.8 Å². The van der Waals surface area contributed by atoms with Crippen LogP contribution in [-0.2, 0) is 9.53 Å². The Balaban J connectivity index is 2.02. The molecule has 0 aromatic rings. The Hall–Kier alpha value is -0.610. The third-order valence-electron chi connectivity index (χ3n) is 4.08. The summed E-state index contributed by atoms with van der Waals surface area (Å²) in [5, 5.41) is 3.51. The molecule has 4 nitrogen and oxygen atoms in total. The molecule has 0 bridgehead atoms. The van der Waals surface area contributed by atoms with E-state index in [2.05, 4.69) is 12.2 Å². The maximum Gasteiger partial charge on any atom is 0.241 e. The Bertz CT molecular complexity index is 264. The summed E-state index contributed by atoms with van der Waals surface area (Å²) in [7, 11) is 1.69. The second-order valence-corrected chi connectivity index (χ2v) is 5.14. The molecule has 0 radical (unpaired) electrons. The number of rotatable bonds is 5. The van der Waals surface area contributed by atoms with Crippen LogP contribution in [0, 0.1) is 5.92 Å². The molecule has 1 aliphatic carbocycles. The molecule has 0 aromatic carbocycles. The van der Waals surface area contributed by atoms with E-state index in [4.69, 9.17) is 4.74 Å². The Morgan fingerprint density at radius 1 is 1.41 bits per heavy atom. The number of methoxy groups -OCH3 is 1. The van der Waals surface area contributed by atoms with Crippen molar-refractivity contribution < 1.29 is 9.53 Å². The normalized spacial score (nSPS) is 30.5. The van der Waals surface area contributed by atoms with Gasteiger partial charge in [-0.05, 0) is 25.2 Å². The van der Waals surface area contributed by atoms with E-state index in [9.17, 15) is 4.79 Å². The molecular weight excluding hydrogens is 216 g/mol. The van der Waals surface area contributed by atoms with Gasteiger partial charge in [-0.3, -0.25) is 10.1 Å². The van der Waals surface area contributed by atoms with Gasteiger partial charge in [0.15, 0.2) is 0 Å². The van der Waals surface area contributed by atoms with Crippen molar-refractivity contribution >= 4 is 5.91 Å². The van der Waals surface area contributed by atoms with E-state index in [1.54, 1.807) is 7.11 Å². The summed E-state index contributed by atoms with van der Waals surface area (Å²) in [6.07, 6.45) is 6.27. The minimum absolute atomic E-state index is 0.0254. The van der Waals surface area contributed by atoms with Gasteiger partial charge >= 0.3 is 0 Å². The number of amides is 1. The predicted molar refractivity (Wildman–Crippen MR) is 66.5 cm³/mol. The smallest absolute Gasteiger partial charge is 0.241 e. The maximum atomic E-state index is 12.2. The molecule has 1 saturated heterocycles. The van der Waals surface area contributed by atoms with Gasteiger partial charge < -0.3 is 9.64 Å². The lowest BCUT2D eigenvalue weighted by Crippen LogP contribution is -2.44. The van der Waals surface area contributed by atoms with Crippen LogP contribution in [0.5, 0.6) is 0 Å². The van der Waals surface area contributed by atoms with Gasteiger partial charge in [-0.25, -0.2) is 0 Å². The van der Waals surface area contributed by atoms with Crippen molar-refractivity contribution in [2.45, 2.75) is 51.2 Å². The molecular formula is C13H24N2O2. The third kappa shape index (κ3) is 2.63. The number of hydrogen-bond donors (Lipinski definition) is 1. The van der Waals surface area contributed by atoms with Gasteiger partial charge in [0.1, 0.15) is 0 Å². The maximum absolute atomic E-state index is 12.2. The summed E-state index contributed by atoms with van der Waals surface area (Å²) in [4.78, 5) is 14.2. The van der Waals surface area contributed by atoms with Gasteiger partial charge in [0.05, 0.1) is 18.8 Å². The largest absolute Gasteiger partial charge is 0.383 e. The standard InChI is InChI=1S/C13H24N2O2/c1-3-11-13(16)15(8-9-17-2)12(14-11)10-6-4-5-7-10/h10-12,14H,3-9H2,1-2H3. The molecule has 1 saturated carbocycles. The Morgan fingerprint density at radius 2 is 2.12 bits per heavy atom. The molecule has 1 N–H and O–H groups in total. The molecule has 2 rings (SSSR count). The van der Waals surface area contributed by atoms with Crippen LogP contribution in [0.4, 0.5) is 0 Å². The molecule has 4 heteroatoms. The fourth-order valence-corrected chi connectivity index (χ4v) is 3.10. The molecule has 2 atom stereocenters. The fourth-order valence-electron chi connectivity index (χ4n) is 3.10. The van der Waals surface area contributed by atoms with E-state index in [1.807, 2.05) is 4.90 Å². The van der Waals surface area contributed by atoms with Crippen molar-refractivity contribution in [3.05, 3.63) is 0 Å². The highest BCUT2D eigenvalue weighted by Gasteiger charge is 2.41. The average Bonchev–Trinajstić information content (AvgIpc) is 2.94. The molecule has 2 unspecified atom stereocenters. The molecule has 0 aromatic heterocycles. The Kier molecular flexibility index (Phi) is 4.40. The minimum Gasteiger partial charge on any atom is -0.383 e. The number of carbonyl (C=O) groups is 1. The number of hydrogen-bond acceptors (Lipinski definition) is 3. The van der Waals surface area contributed by atoms with Gasteiger partial charge in [0.2, 0.25) is 5.91 Å². The quantitative estimate of drug-likeness (QED) is 0.789. The Labute approximate surface area is 104 Å². The van der Waals surface area contributed by atoms with E-state index in [-0.39, 0.29) is 18.1 Å². The van der Waals surface area contributed by atoms with Crippen LogP contribution in [0.3, 0.4) is 0 Å². The predicted octanol–water partition coefficient (Wildman–Crippen LogP) is 1.36. The van der Waals surface area contributed by atoms with E-state index in [1.165, 1.54) is 25.7 Å². The second kappa shape index (κ2) is 5.83. The summed E-state index contributed by atoms with van der Waals surface area (Å²) < 4.78 is 5.11. The van der Waals surface area contributed by atoms with Crippen molar-refractivity contribution in [2.24, 2.45) is 5.92 Å². The summed E-state index contributed by atoms with van der Waals surface area (Å²) in [6, 6.07) is 0.0254. The molecule has 17 heavy (non-hydrogen) atoms. The first-order valence-corrected chi connectivity index (χ1v) is 6.83. The zero-order chi connectivity index (χ0) is 12.3. The number of nitrogens with one attached hydrogen (secondary N) is 1. The van der Waals surface area contributed by atoms with Crippen LogP contribution in [0.1, 0.15) is 39.0 Å². The van der Waals surface area contributed by atoms with Gasteiger partial charge in [0.25, 0.3) is 0 Å². The monoisotopic (exact) mass is 240 g/mol. The number of carbonyl (C=O) groups excluding carboxylic acids is 1. The third-order valence-corrected chi connectivity index (χ3v) is 4.08. The van der Waals surface area contributed by atoms with E-state index in [0.717, 1.165) is 13.0 Å². The van der Waals surface area contributed by atoms with Gasteiger partial charge in [-0.15, -0.1) is 0 Å². The first-order valence-electron chi connectivity index (χ1n) is 6.83. The molecule has 2 aliphatic rings. The van der Waals surface area contributed by atoms with Gasteiger partial charge in [-0.2, -0.15) is 0 Å². The van der Waals surface area contributed by atoms with Crippen LogP contribution in [0.15, 0.2) is 0 Å². The van der Waals surface area contributed by atoms with E-state index < -0.39 is 0 Å². The lowest BCUT2D eigenvalue weighted by Gasteiger charge is -2.28. The van der Waals surface area contributed by atoms with Crippen molar-refractivity contribution in [3.8, 4) is 0 Å². The highest BCUT2D eigenvalue weighted by atomic mass is 16.5. The SMILES string of the molecule is CCC1NC(C2CCCC2)N(CCOC)C1=O. The highest BCUT2D eigenvalue weighted by molar-refractivity contribution is 5.84. The first kappa shape index (κ1) is 12.8. The molecule has 98 valence electrons. The van der Waals surface area contributed by atoms with Crippen molar-refractivity contribution in [1.29, 1.82) is 0 Å². The van der Waals surface area contributed by atoms with E-state index in [0.29, 0.717) is 12.5 Å². The van der Waals surface area contributed by atoms with Crippen LogP contribution >= 0.6 is 0 Å². The number of ether oxygens (including phenoxy) is 1. The van der Waals surface area contributed by atoms with Crippen LogP contribution in [0.2, 0.25) is 0 Å². The average molecular weight is 240 g/mol. The number of nitrogens with zero attached hydrogens (tertiary/aromatic N) is 1.